The standard InChI is InChI=1S/C18H15ClN2O5P/c19-14-5-1-3-12(9-14)17-7-8-25-27(24,26-17)15-10-13-4-2-6-16(21(22)23)18(13)20-11-15/h1-6,9-11,17H,7-8H2,(H,22,23)/q+1/t17-,27?/m1/s1. The summed E-state index contributed by atoms with van der Waals surface area (Å²) in [6, 6.07) is 13.5. The molecule has 0 spiro atoms. The van der Waals surface area contributed by atoms with E-state index in [0.29, 0.717) is 16.8 Å². The summed E-state index contributed by atoms with van der Waals surface area (Å²) in [5.74, 6) is 0. The molecule has 0 radical (unpaired) electrons. The van der Waals surface area contributed by atoms with Crippen molar-refractivity contribution in [2.45, 2.75) is 12.5 Å². The Bertz CT molecular complexity index is 1090. The lowest BCUT2D eigenvalue weighted by atomic mass is 10.1. The molecule has 2 heterocycles. The third kappa shape index (κ3) is 3.47. The Balaban J connectivity index is 1.71. The van der Waals surface area contributed by atoms with Crippen LogP contribution in [0.1, 0.15) is 18.1 Å². The maximum absolute atomic E-state index is 13.3. The second-order valence-corrected chi connectivity index (χ2v) is 8.50. The Morgan fingerprint density at radius 2 is 2.04 bits per heavy atom. The lowest BCUT2D eigenvalue weighted by Crippen LogP contribution is -2.20. The van der Waals surface area contributed by atoms with Gasteiger partial charge in [-0.15, -0.1) is 0 Å². The molecule has 2 atom stereocenters. The van der Waals surface area contributed by atoms with Crippen molar-refractivity contribution in [2.75, 3.05) is 6.61 Å². The molecular weight excluding hydrogens is 391 g/mol. The van der Waals surface area contributed by atoms with Crippen LogP contribution in [-0.4, -0.2) is 21.7 Å². The summed E-state index contributed by atoms with van der Waals surface area (Å²) in [6.45, 7) is 0.261. The van der Waals surface area contributed by atoms with Gasteiger partial charge in [0.1, 0.15) is 0 Å². The van der Waals surface area contributed by atoms with Crippen molar-refractivity contribution in [3.8, 4) is 0 Å². The highest BCUT2D eigenvalue weighted by Gasteiger charge is 2.37. The molecule has 0 saturated carbocycles. The average molecular weight is 406 g/mol. The van der Waals surface area contributed by atoms with Gasteiger partial charge in [-0.05, 0) is 23.8 Å². The minimum atomic E-state index is -3.61. The van der Waals surface area contributed by atoms with Gasteiger partial charge in [-0.2, -0.15) is 0 Å². The van der Waals surface area contributed by atoms with Crippen LogP contribution in [0.15, 0.2) is 54.7 Å². The number of hydrogen-bond donors (Lipinski definition) is 1. The van der Waals surface area contributed by atoms with Gasteiger partial charge >= 0.3 is 13.3 Å². The van der Waals surface area contributed by atoms with Crippen molar-refractivity contribution in [1.29, 1.82) is 0 Å². The van der Waals surface area contributed by atoms with Crippen LogP contribution in [0, 0.1) is 4.91 Å². The predicted molar refractivity (Wildman–Crippen MR) is 99.9 cm³/mol. The molecule has 27 heavy (non-hydrogen) atoms. The first-order valence-electron chi connectivity index (χ1n) is 8.20. The van der Waals surface area contributed by atoms with E-state index >= 15 is 0 Å². The molecule has 0 amide bonds. The molecule has 1 aliphatic heterocycles. The Hall–Kier alpha value is -2.31. The van der Waals surface area contributed by atoms with Crippen LogP contribution in [0.25, 0.3) is 10.9 Å². The first-order chi connectivity index (χ1) is 13.0. The van der Waals surface area contributed by atoms with Gasteiger partial charge < -0.3 is 4.52 Å². The summed E-state index contributed by atoms with van der Waals surface area (Å²) in [4.78, 5) is 15.2. The summed E-state index contributed by atoms with van der Waals surface area (Å²) in [5, 5.41) is 10.6. The molecule has 9 heteroatoms. The maximum Gasteiger partial charge on any atom is 0.363 e. The van der Waals surface area contributed by atoms with E-state index in [1.807, 2.05) is 12.1 Å². The molecule has 0 bridgehead atoms. The molecule has 2 aromatic carbocycles. The minimum absolute atomic E-state index is 0.000354. The van der Waals surface area contributed by atoms with E-state index in [2.05, 4.69) is 4.98 Å². The fourth-order valence-electron chi connectivity index (χ4n) is 3.04. The zero-order valence-corrected chi connectivity index (χ0v) is 15.6. The van der Waals surface area contributed by atoms with Crippen LogP contribution in [0.4, 0.5) is 5.69 Å². The Morgan fingerprint density at radius 1 is 1.22 bits per heavy atom. The van der Waals surface area contributed by atoms with Gasteiger partial charge in [0, 0.05) is 29.1 Å². The Kier molecular flexibility index (Phi) is 4.70. The van der Waals surface area contributed by atoms with Crippen LogP contribution >= 0.6 is 19.2 Å². The highest BCUT2D eigenvalue weighted by molar-refractivity contribution is 7.62. The molecule has 0 aliphatic carbocycles. The highest BCUT2D eigenvalue weighted by atomic mass is 35.5. The van der Waals surface area contributed by atoms with Crippen molar-refractivity contribution in [3.63, 3.8) is 0 Å². The molecule has 1 unspecified atom stereocenters. The smallest absolute Gasteiger partial charge is 0.305 e. The second-order valence-electron chi connectivity index (χ2n) is 6.08. The van der Waals surface area contributed by atoms with E-state index in [1.165, 1.54) is 12.3 Å². The summed E-state index contributed by atoms with van der Waals surface area (Å²) in [6.07, 6.45) is 1.47. The minimum Gasteiger partial charge on any atom is -0.305 e. The highest BCUT2D eigenvalue weighted by Crippen LogP contribution is 2.55. The van der Waals surface area contributed by atoms with Crippen molar-refractivity contribution < 1.29 is 23.7 Å². The largest absolute Gasteiger partial charge is 0.363 e. The second kappa shape index (κ2) is 7.02. The summed E-state index contributed by atoms with van der Waals surface area (Å²) < 4.78 is 24.7. The number of fused-ring (bicyclic) bond motifs is 1. The molecule has 4 rings (SSSR count). The first kappa shape index (κ1) is 18.1. The van der Waals surface area contributed by atoms with Crippen LogP contribution in [0.5, 0.6) is 0 Å². The predicted octanol–water partition coefficient (Wildman–Crippen LogP) is 4.68. The number of aromatic nitrogens is 1. The van der Waals surface area contributed by atoms with Gasteiger partial charge in [-0.25, -0.2) is 10.2 Å². The molecule has 1 aliphatic rings. The number of hydrogen-bond acceptors (Lipinski definition) is 5. The van der Waals surface area contributed by atoms with E-state index < -0.39 is 13.7 Å². The maximum atomic E-state index is 13.3. The molecule has 138 valence electrons. The summed E-state index contributed by atoms with van der Waals surface area (Å²) in [5.41, 5.74) is 1.11. The summed E-state index contributed by atoms with van der Waals surface area (Å²) >= 11 is 6.04. The van der Waals surface area contributed by atoms with Gasteiger partial charge in [0.15, 0.2) is 5.52 Å². The molecule has 1 N–H and O–H groups in total. The normalized spacial score (nSPS) is 22.6. The fourth-order valence-corrected chi connectivity index (χ4v) is 4.97. The van der Waals surface area contributed by atoms with Crippen molar-refractivity contribution in [2.24, 2.45) is 0 Å². The quantitative estimate of drug-likeness (QED) is 0.502. The molecule has 1 fully saturated rings. The van der Waals surface area contributed by atoms with Gasteiger partial charge in [0.2, 0.25) is 0 Å². The average Bonchev–Trinajstić information content (AvgIpc) is 2.67. The fraction of sp³-hybridized carbons (Fsp3) is 0.167. The van der Waals surface area contributed by atoms with Crippen LogP contribution < -0.4 is 5.30 Å². The van der Waals surface area contributed by atoms with Crippen LogP contribution in [0.3, 0.4) is 0 Å². The van der Waals surface area contributed by atoms with Crippen molar-refractivity contribution in [3.05, 3.63) is 70.2 Å². The van der Waals surface area contributed by atoms with Gasteiger partial charge in [0.25, 0.3) is 4.92 Å². The van der Waals surface area contributed by atoms with Crippen molar-refractivity contribution in [1.82, 2.24) is 4.98 Å². The molecule has 7 nitrogen and oxygen atoms in total. The summed E-state index contributed by atoms with van der Waals surface area (Å²) in [7, 11) is -3.61. The van der Waals surface area contributed by atoms with Crippen molar-refractivity contribution >= 4 is 41.1 Å². The van der Waals surface area contributed by atoms with E-state index in [-0.39, 0.29) is 28.0 Å². The van der Waals surface area contributed by atoms with E-state index in [9.17, 15) is 14.7 Å². The van der Waals surface area contributed by atoms with Crippen LogP contribution in [0.2, 0.25) is 5.02 Å². The molecule has 1 aromatic heterocycles. The zero-order chi connectivity index (χ0) is 19.0. The number of nitrogens with zero attached hydrogens (tertiary/aromatic N) is 2. The number of rotatable bonds is 3. The third-order valence-electron chi connectivity index (χ3n) is 4.33. The molecule has 1 saturated heterocycles. The van der Waals surface area contributed by atoms with Crippen LogP contribution in [-0.2, 0) is 13.6 Å². The van der Waals surface area contributed by atoms with E-state index in [4.69, 9.17) is 20.6 Å². The zero-order valence-electron chi connectivity index (χ0n) is 14.0. The number of pyridine rings is 1. The van der Waals surface area contributed by atoms with E-state index in [1.54, 1.807) is 30.3 Å². The van der Waals surface area contributed by atoms with E-state index in [0.717, 1.165) is 5.56 Å². The SMILES string of the molecule is O=[N+](O)c1cccc2cc(P3(=O)OCC[C@H](c4cccc(Cl)c4)O3)cnc12. The lowest BCUT2D eigenvalue weighted by Gasteiger charge is -2.30. The molecular formula is C18H15ClN2O5P+. The number of halogens is 1. The topological polar surface area (TPSA) is 88.7 Å². The number of benzene rings is 2. The Morgan fingerprint density at radius 3 is 2.81 bits per heavy atom. The lowest BCUT2D eigenvalue weighted by molar-refractivity contribution is -0.728. The van der Waals surface area contributed by atoms with Gasteiger partial charge in [-0.3, -0.25) is 9.09 Å². The third-order valence-corrected chi connectivity index (χ3v) is 6.49. The van der Waals surface area contributed by atoms with Gasteiger partial charge in [-0.1, -0.05) is 35.9 Å². The Labute approximate surface area is 159 Å². The monoisotopic (exact) mass is 405 g/mol. The number of para-hydroxylation sites is 1. The first-order valence-corrected chi connectivity index (χ1v) is 10.1. The molecule has 3 aromatic rings. The van der Waals surface area contributed by atoms with Gasteiger partial charge in [0.05, 0.1) is 22.9 Å².